The number of hydrogen-bond donors (Lipinski definition) is 1. The van der Waals surface area contributed by atoms with E-state index in [4.69, 9.17) is 0 Å². The van der Waals surface area contributed by atoms with Gasteiger partial charge in [0.15, 0.2) is 5.69 Å². The number of rotatable bonds is 7. The maximum Gasteiger partial charge on any atom is 0.276 e. The molecule has 0 bridgehead atoms. The lowest BCUT2D eigenvalue weighted by molar-refractivity contribution is 0.101. The van der Waals surface area contributed by atoms with E-state index in [1.807, 2.05) is 38.1 Å². The maximum absolute atomic E-state index is 13.3. The van der Waals surface area contributed by atoms with E-state index in [0.29, 0.717) is 22.8 Å². The van der Waals surface area contributed by atoms with Gasteiger partial charge in [0.2, 0.25) is 0 Å². The largest absolute Gasteiger partial charge is 0.320 e. The van der Waals surface area contributed by atoms with E-state index in [9.17, 15) is 9.18 Å². The van der Waals surface area contributed by atoms with Crippen molar-refractivity contribution in [2.75, 3.05) is 11.1 Å². The normalized spacial score (nSPS) is 10.8. The lowest BCUT2D eigenvalue weighted by Gasteiger charge is -2.11. The molecule has 2 aromatic carbocycles. The Hall–Kier alpha value is -2.67. The molecule has 0 radical (unpaired) electrons. The number of carbonyl (C=O) groups excluding carboxylic acids is 1. The first-order valence-corrected chi connectivity index (χ1v) is 9.96. The van der Waals surface area contributed by atoms with Crippen molar-refractivity contribution in [3.8, 4) is 11.3 Å². The van der Waals surface area contributed by atoms with Crippen molar-refractivity contribution in [3.05, 3.63) is 65.6 Å². The number of halogens is 1. The van der Waals surface area contributed by atoms with Gasteiger partial charge in [0.05, 0.1) is 5.88 Å². The lowest BCUT2D eigenvalue weighted by atomic mass is 10.1. The van der Waals surface area contributed by atoms with E-state index in [0.717, 1.165) is 23.4 Å². The van der Waals surface area contributed by atoms with Gasteiger partial charge in [-0.15, -0.1) is 16.9 Å². The molecule has 0 fully saturated rings. The van der Waals surface area contributed by atoms with Crippen LogP contribution in [-0.2, 0) is 12.3 Å². The Morgan fingerprint density at radius 2 is 1.89 bits per heavy atom. The van der Waals surface area contributed by atoms with Crippen LogP contribution in [-0.4, -0.2) is 26.7 Å². The molecule has 3 aromatic rings. The smallest absolute Gasteiger partial charge is 0.276 e. The molecule has 0 unspecified atom stereocenters. The molecular weight excluding hydrogens is 363 g/mol. The fourth-order valence-corrected chi connectivity index (χ4v) is 3.28. The molecule has 0 spiro atoms. The summed E-state index contributed by atoms with van der Waals surface area (Å²) < 4.78 is 14.9. The number of nitrogens with zero attached hydrogens (tertiary/aromatic N) is 3. The Morgan fingerprint density at radius 1 is 1.15 bits per heavy atom. The minimum absolute atomic E-state index is 0.281. The van der Waals surface area contributed by atoms with Crippen LogP contribution in [0, 0.1) is 5.82 Å². The highest BCUT2D eigenvalue weighted by Gasteiger charge is 2.22. The molecule has 0 saturated carbocycles. The molecule has 0 aliphatic carbocycles. The van der Waals surface area contributed by atoms with Crippen molar-refractivity contribution in [2.24, 2.45) is 0 Å². The average molecular weight is 384 g/mol. The Kier molecular flexibility index (Phi) is 6.24. The third-order valence-corrected chi connectivity index (χ3v) is 4.97. The number of nitrogens with one attached hydrogen (secondary N) is 1. The highest BCUT2D eigenvalue weighted by molar-refractivity contribution is 7.98. The minimum atomic E-state index is -0.337. The summed E-state index contributed by atoms with van der Waals surface area (Å²) in [7, 11) is 0. The zero-order valence-corrected chi connectivity index (χ0v) is 16.1. The molecule has 1 N–H and O–H groups in total. The summed E-state index contributed by atoms with van der Waals surface area (Å²) >= 11 is 1.64. The zero-order valence-electron chi connectivity index (χ0n) is 15.3. The third-order valence-electron chi connectivity index (χ3n) is 4.13. The van der Waals surface area contributed by atoms with Crippen LogP contribution in [0.25, 0.3) is 11.3 Å². The molecule has 1 aromatic heterocycles. The molecule has 0 atom stereocenters. The van der Waals surface area contributed by atoms with Crippen molar-refractivity contribution < 1.29 is 9.18 Å². The zero-order chi connectivity index (χ0) is 19.2. The predicted molar refractivity (Wildman–Crippen MR) is 107 cm³/mol. The number of para-hydroxylation sites is 1. The molecule has 7 heteroatoms. The Bertz CT molecular complexity index is 924. The van der Waals surface area contributed by atoms with E-state index in [-0.39, 0.29) is 11.7 Å². The average Bonchev–Trinajstić information content (AvgIpc) is 3.11. The number of aromatic nitrogens is 3. The van der Waals surface area contributed by atoms with Crippen LogP contribution in [0.5, 0.6) is 0 Å². The van der Waals surface area contributed by atoms with Gasteiger partial charge in [0.1, 0.15) is 11.5 Å². The molecular formula is C20H21FN4OS. The summed E-state index contributed by atoms with van der Waals surface area (Å²) in [5.74, 6) is 0.793. The second-order valence-electron chi connectivity index (χ2n) is 5.88. The summed E-state index contributed by atoms with van der Waals surface area (Å²) in [5, 5.41) is 11.3. The monoisotopic (exact) mass is 384 g/mol. The van der Waals surface area contributed by atoms with Crippen LogP contribution >= 0.6 is 11.8 Å². The number of carbonyl (C=O) groups is 1. The van der Waals surface area contributed by atoms with Gasteiger partial charge in [-0.05, 0) is 48.1 Å². The van der Waals surface area contributed by atoms with Gasteiger partial charge >= 0.3 is 0 Å². The third kappa shape index (κ3) is 4.36. The van der Waals surface area contributed by atoms with E-state index in [2.05, 4.69) is 15.6 Å². The molecule has 140 valence electrons. The van der Waals surface area contributed by atoms with E-state index in [1.54, 1.807) is 28.6 Å². The Morgan fingerprint density at radius 3 is 2.59 bits per heavy atom. The first kappa shape index (κ1) is 19.1. The molecule has 27 heavy (non-hydrogen) atoms. The SMILES string of the molecule is CCSCn1nnc(-c2ccc(F)cc2)c1C(=O)Nc1ccccc1CC. The molecule has 3 rings (SSSR count). The number of thioether (sulfide) groups is 1. The Labute approximate surface area is 162 Å². The second kappa shape index (κ2) is 8.81. The summed E-state index contributed by atoms with van der Waals surface area (Å²) in [6.07, 6.45) is 0.810. The highest BCUT2D eigenvalue weighted by Crippen LogP contribution is 2.24. The van der Waals surface area contributed by atoms with Crippen molar-refractivity contribution in [1.29, 1.82) is 0 Å². The van der Waals surface area contributed by atoms with Crippen LogP contribution in [0.15, 0.2) is 48.5 Å². The van der Waals surface area contributed by atoms with E-state index >= 15 is 0 Å². The lowest BCUT2D eigenvalue weighted by Crippen LogP contribution is -2.19. The van der Waals surface area contributed by atoms with Crippen molar-refractivity contribution >= 4 is 23.4 Å². The molecule has 5 nitrogen and oxygen atoms in total. The number of hydrogen-bond acceptors (Lipinski definition) is 4. The molecule has 0 aliphatic heterocycles. The molecule has 1 amide bonds. The van der Waals surface area contributed by atoms with Crippen LogP contribution in [0.1, 0.15) is 29.9 Å². The van der Waals surface area contributed by atoms with Crippen LogP contribution in [0.4, 0.5) is 10.1 Å². The van der Waals surface area contributed by atoms with E-state index in [1.165, 1.54) is 12.1 Å². The highest BCUT2D eigenvalue weighted by atomic mass is 32.2. The number of benzene rings is 2. The van der Waals surface area contributed by atoms with Crippen LogP contribution in [0.3, 0.4) is 0 Å². The topological polar surface area (TPSA) is 59.8 Å². The minimum Gasteiger partial charge on any atom is -0.320 e. The van der Waals surface area contributed by atoms with E-state index < -0.39 is 0 Å². The fourth-order valence-electron chi connectivity index (χ4n) is 2.74. The van der Waals surface area contributed by atoms with Crippen molar-refractivity contribution in [1.82, 2.24) is 15.0 Å². The van der Waals surface area contributed by atoms with Gasteiger partial charge in [-0.25, -0.2) is 9.07 Å². The second-order valence-corrected chi connectivity index (χ2v) is 7.12. The Balaban J connectivity index is 1.99. The molecule has 1 heterocycles. The quantitative estimate of drug-likeness (QED) is 0.646. The first-order chi connectivity index (χ1) is 13.1. The first-order valence-electron chi connectivity index (χ1n) is 8.80. The fraction of sp³-hybridized carbons (Fsp3) is 0.250. The molecule has 0 aliphatic rings. The summed E-state index contributed by atoms with van der Waals surface area (Å²) in [5.41, 5.74) is 3.28. The summed E-state index contributed by atoms with van der Waals surface area (Å²) in [6.45, 7) is 4.08. The number of aryl methyl sites for hydroxylation is 1. The predicted octanol–water partition coefficient (Wildman–Crippen LogP) is 4.61. The standard InChI is InChI=1S/C20H21FN4OS/c1-3-14-7-5-6-8-17(14)22-20(26)19-18(15-9-11-16(21)12-10-15)23-24-25(19)13-27-4-2/h5-12H,3-4,13H2,1-2H3,(H,22,26). The van der Waals surface area contributed by atoms with Gasteiger partial charge < -0.3 is 5.32 Å². The van der Waals surface area contributed by atoms with Crippen molar-refractivity contribution in [3.63, 3.8) is 0 Å². The van der Waals surface area contributed by atoms with Gasteiger partial charge in [0, 0.05) is 11.3 Å². The van der Waals surface area contributed by atoms with Gasteiger partial charge in [0.25, 0.3) is 5.91 Å². The number of anilines is 1. The summed E-state index contributed by atoms with van der Waals surface area (Å²) in [4.78, 5) is 13.1. The van der Waals surface area contributed by atoms with Crippen molar-refractivity contribution in [2.45, 2.75) is 26.1 Å². The van der Waals surface area contributed by atoms with Gasteiger partial charge in [-0.2, -0.15) is 0 Å². The molecule has 0 saturated heterocycles. The summed E-state index contributed by atoms with van der Waals surface area (Å²) in [6, 6.07) is 13.6. The van der Waals surface area contributed by atoms with Gasteiger partial charge in [-0.1, -0.05) is 37.3 Å². The van der Waals surface area contributed by atoms with Crippen LogP contribution in [0.2, 0.25) is 0 Å². The number of amides is 1. The van der Waals surface area contributed by atoms with Gasteiger partial charge in [-0.3, -0.25) is 4.79 Å². The van der Waals surface area contributed by atoms with Crippen LogP contribution < -0.4 is 5.32 Å². The maximum atomic E-state index is 13.3.